The minimum Gasteiger partial charge on any atom is -0.355 e. The maximum Gasteiger partial charge on any atom is 0.228 e. The van der Waals surface area contributed by atoms with Crippen LogP contribution in [0.1, 0.15) is 36.6 Å². The van der Waals surface area contributed by atoms with Gasteiger partial charge in [-0.15, -0.1) is 11.3 Å². The van der Waals surface area contributed by atoms with Crippen LogP contribution in [-0.4, -0.2) is 29.8 Å². The summed E-state index contributed by atoms with van der Waals surface area (Å²) in [5.41, 5.74) is 0. The minimum atomic E-state index is -0.0294. The van der Waals surface area contributed by atoms with Crippen LogP contribution in [0.25, 0.3) is 0 Å². The molecule has 0 aliphatic carbocycles. The number of likely N-dealkylation sites (tertiary alicyclic amines) is 1. The van der Waals surface area contributed by atoms with Crippen molar-refractivity contribution in [2.75, 3.05) is 13.1 Å². The Morgan fingerprint density at radius 2 is 2.32 bits per heavy atom. The summed E-state index contributed by atoms with van der Waals surface area (Å²) in [7, 11) is 0. The highest BCUT2D eigenvalue weighted by atomic mass is 32.1. The average Bonchev–Trinajstić information content (AvgIpc) is 3.09. The lowest BCUT2D eigenvalue weighted by Crippen LogP contribution is -2.44. The average molecular weight is 278 g/mol. The van der Waals surface area contributed by atoms with E-state index in [9.17, 15) is 9.59 Å². The first kappa shape index (κ1) is 12.7. The number of nitrogens with zero attached hydrogens (tertiary/aromatic N) is 1. The number of thiophene rings is 1. The Hall–Kier alpha value is -1.36. The molecule has 0 bridgehead atoms. The Kier molecular flexibility index (Phi) is 3.55. The van der Waals surface area contributed by atoms with Gasteiger partial charge in [0.1, 0.15) is 0 Å². The van der Waals surface area contributed by atoms with Crippen LogP contribution in [0.2, 0.25) is 0 Å². The highest BCUT2D eigenvalue weighted by Crippen LogP contribution is 2.35. The van der Waals surface area contributed by atoms with E-state index in [0.717, 1.165) is 19.4 Å². The van der Waals surface area contributed by atoms with Gasteiger partial charge in [0.15, 0.2) is 0 Å². The van der Waals surface area contributed by atoms with Crippen LogP contribution >= 0.6 is 11.3 Å². The van der Waals surface area contributed by atoms with Crippen molar-refractivity contribution in [1.29, 1.82) is 0 Å². The van der Waals surface area contributed by atoms with Crippen LogP contribution in [0.3, 0.4) is 0 Å². The molecule has 4 nitrogen and oxygen atoms in total. The van der Waals surface area contributed by atoms with Gasteiger partial charge in [0.2, 0.25) is 11.8 Å². The van der Waals surface area contributed by atoms with Crippen LogP contribution in [0.4, 0.5) is 0 Å². The van der Waals surface area contributed by atoms with E-state index in [2.05, 4.69) is 16.8 Å². The second-order valence-electron chi connectivity index (χ2n) is 5.24. The van der Waals surface area contributed by atoms with Crippen molar-refractivity contribution in [2.45, 2.75) is 31.7 Å². The molecule has 3 rings (SSSR count). The number of hydrogen-bond acceptors (Lipinski definition) is 3. The Morgan fingerprint density at radius 1 is 1.42 bits per heavy atom. The number of hydrogen-bond donors (Lipinski definition) is 1. The zero-order valence-corrected chi connectivity index (χ0v) is 11.6. The molecule has 2 atom stereocenters. The predicted molar refractivity (Wildman–Crippen MR) is 73.7 cm³/mol. The predicted octanol–water partition coefficient (Wildman–Crippen LogP) is 1.94. The fraction of sp³-hybridized carbons (Fsp3) is 0.571. The van der Waals surface area contributed by atoms with Gasteiger partial charge in [-0.25, -0.2) is 0 Å². The van der Waals surface area contributed by atoms with E-state index in [4.69, 9.17) is 0 Å². The fourth-order valence-corrected chi connectivity index (χ4v) is 3.86. The van der Waals surface area contributed by atoms with Gasteiger partial charge in [-0.05, 0) is 30.7 Å². The van der Waals surface area contributed by atoms with Gasteiger partial charge in [0.05, 0.1) is 12.0 Å². The summed E-state index contributed by atoms with van der Waals surface area (Å²) in [6.45, 7) is 1.36. The quantitative estimate of drug-likeness (QED) is 0.898. The number of nitrogens with one attached hydrogen (secondary N) is 1. The lowest BCUT2D eigenvalue weighted by molar-refractivity contribution is -0.138. The zero-order valence-electron chi connectivity index (χ0n) is 10.8. The molecule has 0 spiro atoms. The summed E-state index contributed by atoms with van der Waals surface area (Å²) in [4.78, 5) is 27.1. The van der Waals surface area contributed by atoms with Crippen LogP contribution < -0.4 is 5.32 Å². The van der Waals surface area contributed by atoms with Gasteiger partial charge in [0.25, 0.3) is 0 Å². The molecule has 102 valence electrons. The summed E-state index contributed by atoms with van der Waals surface area (Å²) >= 11 is 1.72. The summed E-state index contributed by atoms with van der Waals surface area (Å²) in [5.74, 6) is 0.259. The summed E-state index contributed by atoms with van der Waals surface area (Å²) in [5, 5.41) is 4.87. The number of amides is 2. The first-order valence-corrected chi connectivity index (χ1v) is 7.74. The van der Waals surface area contributed by atoms with Gasteiger partial charge in [-0.2, -0.15) is 0 Å². The zero-order chi connectivity index (χ0) is 13.2. The molecule has 5 heteroatoms. The Labute approximate surface area is 116 Å². The van der Waals surface area contributed by atoms with E-state index in [1.807, 2.05) is 11.0 Å². The molecule has 1 aromatic rings. The second-order valence-corrected chi connectivity index (χ2v) is 6.22. The maximum atomic E-state index is 12.6. The van der Waals surface area contributed by atoms with Crippen molar-refractivity contribution in [3.05, 3.63) is 22.4 Å². The molecule has 0 radical (unpaired) electrons. The van der Waals surface area contributed by atoms with Crippen molar-refractivity contribution < 1.29 is 9.59 Å². The third kappa shape index (κ3) is 2.52. The van der Waals surface area contributed by atoms with Crippen molar-refractivity contribution >= 4 is 23.2 Å². The summed E-state index contributed by atoms with van der Waals surface area (Å²) in [6, 6.07) is 4.41. The van der Waals surface area contributed by atoms with Gasteiger partial charge < -0.3 is 10.2 Å². The standard InChI is InChI=1S/C14H18N2O2S/c17-13-6-5-10(9-15-13)14(18)16-7-1-3-11(16)12-4-2-8-19-12/h2,4,8,10-11H,1,3,5-7,9H2,(H,15,17). The molecule has 0 saturated carbocycles. The van der Waals surface area contributed by atoms with E-state index < -0.39 is 0 Å². The topological polar surface area (TPSA) is 49.4 Å². The number of carbonyl (C=O) groups is 2. The third-order valence-corrected chi connectivity index (χ3v) is 5.00. The monoisotopic (exact) mass is 278 g/mol. The first-order chi connectivity index (χ1) is 9.25. The molecule has 2 fully saturated rings. The van der Waals surface area contributed by atoms with E-state index in [-0.39, 0.29) is 23.8 Å². The van der Waals surface area contributed by atoms with Crippen LogP contribution in [0.15, 0.2) is 17.5 Å². The fourth-order valence-electron chi connectivity index (χ4n) is 2.99. The second kappa shape index (κ2) is 5.33. The number of carbonyl (C=O) groups excluding carboxylic acids is 2. The molecule has 2 unspecified atom stereocenters. The first-order valence-electron chi connectivity index (χ1n) is 6.86. The molecular weight excluding hydrogens is 260 g/mol. The molecule has 0 aromatic carbocycles. The molecular formula is C14H18N2O2S. The summed E-state index contributed by atoms with van der Waals surface area (Å²) in [6.07, 6.45) is 3.31. The van der Waals surface area contributed by atoms with Crippen LogP contribution in [0.5, 0.6) is 0 Å². The van der Waals surface area contributed by atoms with E-state index >= 15 is 0 Å². The van der Waals surface area contributed by atoms with Crippen LogP contribution in [-0.2, 0) is 9.59 Å². The minimum absolute atomic E-state index is 0.0294. The molecule has 2 saturated heterocycles. The largest absolute Gasteiger partial charge is 0.355 e. The maximum absolute atomic E-state index is 12.6. The Morgan fingerprint density at radius 3 is 3.00 bits per heavy atom. The molecule has 2 aliphatic rings. The van der Waals surface area contributed by atoms with Crippen molar-refractivity contribution in [2.24, 2.45) is 5.92 Å². The molecule has 2 aliphatic heterocycles. The lowest BCUT2D eigenvalue weighted by Gasteiger charge is -2.30. The third-order valence-electron chi connectivity index (χ3n) is 4.02. The van der Waals surface area contributed by atoms with Gasteiger partial charge >= 0.3 is 0 Å². The van der Waals surface area contributed by atoms with E-state index in [1.165, 1.54) is 4.88 Å². The van der Waals surface area contributed by atoms with Gasteiger partial charge in [-0.3, -0.25) is 9.59 Å². The van der Waals surface area contributed by atoms with Crippen molar-refractivity contribution in [3.63, 3.8) is 0 Å². The molecule has 2 amide bonds. The normalized spacial score (nSPS) is 27.4. The van der Waals surface area contributed by atoms with E-state index in [0.29, 0.717) is 19.4 Å². The SMILES string of the molecule is O=C1CCC(C(=O)N2CCCC2c2cccs2)CN1. The number of rotatable bonds is 2. The summed E-state index contributed by atoms with van der Waals surface area (Å²) < 4.78 is 0. The number of piperidine rings is 1. The Balaban J connectivity index is 1.70. The lowest BCUT2D eigenvalue weighted by atomic mass is 9.97. The van der Waals surface area contributed by atoms with Crippen LogP contribution in [0, 0.1) is 5.92 Å². The highest BCUT2D eigenvalue weighted by Gasteiger charge is 2.35. The Bertz CT molecular complexity index is 462. The van der Waals surface area contributed by atoms with Gasteiger partial charge in [-0.1, -0.05) is 6.07 Å². The highest BCUT2D eigenvalue weighted by molar-refractivity contribution is 7.10. The molecule has 1 aromatic heterocycles. The van der Waals surface area contributed by atoms with E-state index in [1.54, 1.807) is 11.3 Å². The molecule has 19 heavy (non-hydrogen) atoms. The van der Waals surface area contributed by atoms with Gasteiger partial charge in [0, 0.05) is 24.4 Å². The molecule has 1 N–H and O–H groups in total. The van der Waals surface area contributed by atoms with Crippen molar-refractivity contribution in [1.82, 2.24) is 10.2 Å². The molecule has 3 heterocycles. The van der Waals surface area contributed by atoms with Crippen molar-refractivity contribution in [3.8, 4) is 0 Å². The smallest absolute Gasteiger partial charge is 0.228 e.